The average Bonchev–Trinajstić information content (AvgIpc) is 2.25. The van der Waals surface area contributed by atoms with Crippen molar-refractivity contribution in [2.75, 3.05) is 20.1 Å². The molecule has 4 unspecified atom stereocenters. The first-order chi connectivity index (χ1) is 7.02. The molecule has 0 amide bonds. The molecule has 1 saturated heterocycles. The number of hydrogen-bond acceptors (Lipinski definition) is 0. The van der Waals surface area contributed by atoms with Crippen LogP contribution in [0.3, 0.4) is 0 Å². The van der Waals surface area contributed by atoms with Gasteiger partial charge in [0.25, 0.3) is 0 Å². The second-order valence-corrected chi connectivity index (χ2v) is 6.52. The fraction of sp³-hybridized carbons (Fsp3) is 1.00. The Morgan fingerprint density at radius 1 is 1.27 bits per heavy atom. The fourth-order valence-corrected chi connectivity index (χ4v) is 4.16. The molecule has 2 rings (SSSR count). The van der Waals surface area contributed by atoms with E-state index in [1.54, 1.807) is 0 Å². The molecule has 88 valence electrons. The lowest BCUT2D eigenvalue weighted by molar-refractivity contribution is -0.942. The molecular formula is C14H28N+. The van der Waals surface area contributed by atoms with Crippen LogP contribution >= 0.6 is 0 Å². The van der Waals surface area contributed by atoms with Gasteiger partial charge in [0.2, 0.25) is 0 Å². The summed E-state index contributed by atoms with van der Waals surface area (Å²) in [5, 5.41) is 0. The third-order valence-corrected chi connectivity index (χ3v) is 5.89. The van der Waals surface area contributed by atoms with E-state index in [0.29, 0.717) is 5.41 Å². The second-order valence-electron chi connectivity index (χ2n) is 6.52. The number of quaternary nitrogens is 1. The van der Waals surface area contributed by atoms with Gasteiger partial charge >= 0.3 is 0 Å². The van der Waals surface area contributed by atoms with Crippen LogP contribution in [0.2, 0.25) is 0 Å². The van der Waals surface area contributed by atoms with Crippen molar-refractivity contribution >= 4 is 0 Å². The van der Waals surface area contributed by atoms with Gasteiger partial charge in [-0.2, -0.15) is 0 Å². The van der Waals surface area contributed by atoms with E-state index in [1.165, 1.54) is 49.7 Å². The number of nitrogens with zero attached hydrogens (tertiary/aromatic N) is 1. The van der Waals surface area contributed by atoms with Crippen LogP contribution in [0.1, 0.15) is 52.9 Å². The monoisotopic (exact) mass is 210 g/mol. The minimum atomic E-state index is 0.685. The normalized spacial score (nSPS) is 51.2. The Morgan fingerprint density at radius 2 is 2.00 bits per heavy atom. The maximum Gasteiger partial charge on any atom is 0.0893 e. The lowest BCUT2D eigenvalue weighted by Crippen LogP contribution is -2.62. The molecule has 2 aliphatic rings. The molecule has 0 aromatic carbocycles. The van der Waals surface area contributed by atoms with E-state index in [2.05, 4.69) is 27.8 Å². The van der Waals surface area contributed by atoms with Crippen molar-refractivity contribution in [3.8, 4) is 0 Å². The molecule has 1 heteroatoms. The predicted octanol–water partition coefficient (Wildman–Crippen LogP) is 3.44. The van der Waals surface area contributed by atoms with Crippen molar-refractivity contribution in [3.05, 3.63) is 0 Å². The Hall–Kier alpha value is -0.0400. The van der Waals surface area contributed by atoms with E-state index in [1.807, 2.05) is 0 Å². The van der Waals surface area contributed by atoms with Gasteiger partial charge < -0.3 is 4.48 Å². The third kappa shape index (κ3) is 1.73. The van der Waals surface area contributed by atoms with Crippen LogP contribution in [0.4, 0.5) is 0 Å². The number of rotatable bonds is 1. The van der Waals surface area contributed by atoms with Crippen LogP contribution in [0.25, 0.3) is 0 Å². The van der Waals surface area contributed by atoms with Gasteiger partial charge in [-0.05, 0) is 32.1 Å². The molecule has 0 radical (unpaired) electrons. The van der Waals surface area contributed by atoms with Crippen LogP contribution in [0.5, 0.6) is 0 Å². The highest BCUT2D eigenvalue weighted by Gasteiger charge is 2.50. The van der Waals surface area contributed by atoms with Gasteiger partial charge in [-0.3, -0.25) is 0 Å². The number of fused-ring (bicyclic) bond motifs is 1. The minimum Gasteiger partial charge on any atom is -0.324 e. The van der Waals surface area contributed by atoms with Crippen molar-refractivity contribution in [1.29, 1.82) is 0 Å². The molecule has 1 aliphatic carbocycles. The Balaban J connectivity index is 2.20. The highest BCUT2D eigenvalue weighted by atomic mass is 15.4. The van der Waals surface area contributed by atoms with E-state index in [0.717, 1.165) is 12.0 Å². The molecule has 2 fully saturated rings. The third-order valence-electron chi connectivity index (χ3n) is 5.89. The lowest BCUT2D eigenvalue weighted by Gasteiger charge is -2.56. The van der Waals surface area contributed by atoms with E-state index < -0.39 is 0 Å². The molecule has 1 aliphatic heterocycles. The number of piperidine rings is 1. The van der Waals surface area contributed by atoms with Gasteiger partial charge in [0, 0.05) is 12.3 Å². The van der Waals surface area contributed by atoms with Gasteiger partial charge in [-0.1, -0.05) is 19.8 Å². The quantitative estimate of drug-likeness (QED) is 0.582. The Kier molecular flexibility index (Phi) is 2.87. The van der Waals surface area contributed by atoms with E-state index in [-0.39, 0.29) is 0 Å². The topological polar surface area (TPSA) is 0 Å². The first-order valence-corrected chi connectivity index (χ1v) is 6.86. The molecule has 1 nitrogen and oxygen atoms in total. The first-order valence-electron chi connectivity index (χ1n) is 6.86. The van der Waals surface area contributed by atoms with Gasteiger partial charge in [0.1, 0.15) is 0 Å². The van der Waals surface area contributed by atoms with E-state index in [4.69, 9.17) is 0 Å². The highest BCUT2D eigenvalue weighted by Crippen LogP contribution is 2.50. The second kappa shape index (κ2) is 3.76. The fourth-order valence-electron chi connectivity index (χ4n) is 4.16. The summed E-state index contributed by atoms with van der Waals surface area (Å²) in [5.74, 6) is 0.991. The maximum absolute atomic E-state index is 2.56. The summed E-state index contributed by atoms with van der Waals surface area (Å²) < 4.78 is 1.32. The Labute approximate surface area is 95.4 Å². The zero-order chi connectivity index (χ0) is 11.1. The zero-order valence-corrected chi connectivity index (χ0v) is 11.1. The molecule has 0 aromatic heterocycles. The van der Waals surface area contributed by atoms with Gasteiger partial charge in [-0.25, -0.2) is 0 Å². The Morgan fingerprint density at radius 3 is 2.67 bits per heavy atom. The summed E-state index contributed by atoms with van der Waals surface area (Å²) in [4.78, 5) is 0. The molecule has 15 heavy (non-hydrogen) atoms. The molecule has 0 spiro atoms. The smallest absolute Gasteiger partial charge is 0.0893 e. The maximum atomic E-state index is 2.56. The lowest BCUT2D eigenvalue weighted by atomic mass is 9.60. The summed E-state index contributed by atoms with van der Waals surface area (Å²) >= 11 is 0. The van der Waals surface area contributed by atoms with Gasteiger partial charge in [0.05, 0.1) is 26.2 Å². The van der Waals surface area contributed by atoms with Gasteiger partial charge in [-0.15, -0.1) is 0 Å². The standard InChI is InChI=1S/C14H28N/c1-5-15(4)11-10-14(3)9-7-6-8-13(14)12(15)2/h12-13H,5-11H2,1-4H3/q+1. The molecule has 0 bridgehead atoms. The van der Waals surface area contributed by atoms with E-state index >= 15 is 0 Å². The largest absolute Gasteiger partial charge is 0.324 e. The summed E-state index contributed by atoms with van der Waals surface area (Å²) in [7, 11) is 2.47. The SMILES string of the molecule is CC[N+]1(C)CCC2(C)CCCCC2C1C. The van der Waals surface area contributed by atoms with Crippen molar-refractivity contribution in [1.82, 2.24) is 0 Å². The molecule has 0 N–H and O–H groups in total. The summed E-state index contributed by atoms with van der Waals surface area (Å²) in [5.41, 5.74) is 0.685. The molecule has 1 saturated carbocycles. The zero-order valence-electron chi connectivity index (χ0n) is 11.1. The van der Waals surface area contributed by atoms with E-state index in [9.17, 15) is 0 Å². The van der Waals surface area contributed by atoms with Crippen LogP contribution in [0, 0.1) is 11.3 Å². The minimum absolute atomic E-state index is 0.685. The average molecular weight is 210 g/mol. The highest BCUT2D eigenvalue weighted by molar-refractivity contribution is 4.92. The van der Waals surface area contributed by atoms with Crippen LogP contribution in [-0.2, 0) is 0 Å². The summed E-state index contributed by atoms with van der Waals surface area (Å²) in [6.07, 6.45) is 7.41. The van der Waals surface area contributed by atoms with Crippen molar-refractivity contribution in [3.63, 3.8) is 0 Å². The Bertz CT molecular complexity index is 237. The molecule has 0 aromatic rings. The summed E-state index contributed by atoms with van der Waals surface area (Å²) in [6, 6.07) is 0.883. The molecular weight excluding hydrogens is 182 g/mol. The van der Waals surface area contributed by atoms with Gasteiger partial charge in [0.15, 0.2) is 0 Å². The van der Waals surface area contributed by atoms with Crippen LogP contribution < -0.4 is 0 Å². The first kappa shape index (κ1) is 11.4. The van der Waals surface area contributed by atoms with Crippen molar-refractivity contribution in [2.45, 2.75) is 58.9 Å². The summed E-state index contributed by atoms with van der Waals surface area (Å²) in [6.45, 7) is 10.2. The van der Waals surface area contributed by atoms with Crippen LogP contribution in [-0.4, -0.2) is 30.7 Å². The van der Waals surface area contributed by atoms with Crippen molar-refractivity contribution in [2.24, 2.45) is 11.3 Å². The van der Waals surface area contributed by atoms with Crippen LogP contribution in [0.15, 0.2) is 0 Å². The predicted molar refractivity (Wildman–Crippen MR) is 65.7 cm³/mol. The number of hydrogen-bond donors (Lipinski definition) is 0. The van der Waals surface area contributed by atoms with Crippen molar-refractivity contribution < 1.29 is 4.48 Å². The number of likely N-dealkylation sites (tertiary alicyclic amines) is 1. The molecule has 4 atom stereocenters. The molecule has 1 heterocycles.